The molecule has 2 nitrogen and oxygen atoms in total. The van der Waals surface area contributed by atoms with E-state index < -0.39 is 0 Å². The summed E-state index contributed by atoms with van der Waals surface area (Å²) >= 11 is 5.35. The van der Waals surface area contributed by atoms with Crippen molar-refractivity contribution in [3.8, 4) is 17.8 Å². The molecule has 0 N–H and O–H groups in total. The van der Waals surface area contributed by atoms with E-state index in [9.17, 15) is 0 Å². The first-order valence-corrected chi connectivity index (χ1v) is 4.69. The average molecular weight is 211 g/mol. The van der Waals surface area contributed by atoms with E-state index in [0.29, 0.717) is 12.5 Å². The highest BCUT2D eigenvalue weighted by atomic mass is 35.5. The van der Waals surface area contributed by atoms with E-state index in [4.69, 9.17) is 21.1 Å². The van der Waals surface area contributed by atoms with Gasteiger partial charge < -0.3 is 9.47 Å². The zero-order valence-electron chi connectivity index (χ0n) is 7.92. The molecule has 3 heteroatoms. The lowest BCUT2D eigenvalue weighted by Crippen LogP contribution is -1.88. The molecular formula is C11H11ClO2. The lowest BCUT2D eigenvalue weighted by atomic mass is 10.2. The van der Waals surface area contributed by atoms with Crippen molar-refractivity contribution in [2.45, 2.75) is 6.61 Å². The molecule has 0 spiro atoms. The van der Waals surface area contributed by atoms with Gasteiger partial charge in [0.25, 0.3) is 0 Å². The van der Waals surface area contributed by atoms with Crippen molar-refractivity contribution in [3.63, 3.8) is 0 Å². The molecule has 0 fully saturated rings. The summed E-state index contributed by atoms with van der Waals surface area (Å²) in [7, 11) is 1.64. The van der Waals surface area contributed by atoms with Crippen LogP contribution >= 0.6 is 11.6 Å². The van der Waals surface area contributed by atoms with Crippen LogP contribution in [-0.2, 0) is 11.3 Å². The fraction of sp³-hybridized carbons (Fsp3) is 0.273. The number of halogens is 1. The molecule has 0 amide bonds. The third-order valence-corrected chi connectivity index (χ3v) is 1.74. The maximum atomic E-state index is 5.35. The predicted octanol–water partition coefficient (Wildman–Crippen LogP) is 2.41. The summed E-state index contributed by atoms with van der Waals surface area (Å²) in [6, 6.07) is 7.63. The van der Waals surface area contributed by atoms with Gasteiger partial charge in [-0.05, 0) is 23.6 Å². The van der Waals surface area contributed by atoms with Crippen LogP contribution in [0.3, 0.4) is 0 Å². The molecular weight excluding hydrogens is 200 g/mol. The van der Waals surface area contributed by atoms with Gasteiger partial charge in [-0.1, -0.05) is 12.1 Å². The van der Waals surface area contributed by atoms with Crippen LogP contribution in [0.2, 0.25) is 0 Å². The van der Waals surface area contributed by atoms with Gasteiger partial charge in [0, 0.05) is 0 Å². The van der Waals surface area contributed by atoms with Crippen LogP contribution in [0.5, 0.6) is 5.75 Å². The van der Waals surface area contributed by atoms with Gasteiger partial charge in [0.2, 0.25) is 0 Å². The fourth-order valence-corrected chi connectivity index (χ4v) is 0.974. The Hall–Kier alpha value is -1.33. The fourth-order valence-electron chi connectivity index (χ4n) is 0.919. The summed E-state index contributed by atoms with van der Waals surface area (Å²) in [5.41, 5.74) is 1.05. The Balaban J connectivity index is 2.43. The molecule has 0 radical (unpaired) electrons. The molecule has 0 unspecified atom stereocenters. The molecule has 0 heterocycles. The van der Waals surface area contributed by atoms with E-state index in [2.05, 4.69) is 12.0 Å². The molecule has 14 heavy (non-hydrogen) atoms. The van der Waals surface area contributed by atoms with Crippen LogP contribution in [0.4, 0.5) is 0 Å². The van der Waals surface area contributed by atoms with Gasteiger partial charge >= 0.3 is 0 Å². The monoisotopic (exact) mass is 210 g/mol. The van der Waals surface area contributed by atoms with Gasteiger partial charge in [-0.3, -0.25) is 0 Å². The van der Waals surface area contributed by atoms with Crippen molar-refractivity contribution in [1.82, 2.24) is 0 Å². The minimum Gasteiger partial charge on any atom is -0.497 e. The van der Waals surface area contributed by atoms with Crippen molar-refractivity contribution >= 4 is 11.6 Å². The SMILES string of the molecule is COc1ccc(COC#CCCl)cc1. The van der Waals surface area contributed by atoms with Gasteiger partial charge in [0.05, 0.1) is 13.0 Å². The largest absolute Gasteiger partial charge is 0.497 e. The van der Waals surface area contributed by atoms with Crippen molar-refractivity contribution in [2.75, 3.05) is 13.0 Å². The predicted molar refractivity (Wildman–Crippen MR) is 56.3 cm³/mol. The molecule has 0 aliphatic rings. The Morgan fingerprint density at radius 1 is 1.29 bits per heavy atom. The molecule has 0 saturated heterocycles. The minimum atomic E-state index is 0.294. The van der Waals surface area contributed by atoms with E-state index in [-0.39, 0.29) is 0 Å². The van der Waals surface area contributed by atoms with Gasteiger partial charge in [-0.2, -0.15) is 0 Å². The molecule has 0 aromatic heterocycles. The molecule has 0 aliphatic carbocycles. The second kappa shape index (κ2) is 6.17. The van der Waals surface area contributed by atoms with Crippen LogP contribution in [-0.4, -0.2) is 13.0 Å². The van der Waals surface area contributed by atoms with Gasteiger partial charge in [-0.25, -0.2) is 0 Å². The number of hydrogen-bond acceptors (Lipinski definition) is 2. The summed E-state index contributed by atoms with van der Waals surface area (Å²) in [4.78, 5) is 0. The highest BCUT2D eigenvalue weighted by molar-refractivity contribution is 6.19. The molecule has 0 saturated carbocycles. The van der Waals surface area contributed by atoms with E-state index in [1.165, 1.54) is 0 Å². The van der Waals surface area contributed by atoms with Gasteiger partial charge in [0.15, 0.2) is 0 Å². The highest BCUT2D eigenvalue weighted by Crippen LogP contribution is 2.11. The number of benzene rings is 1. The summed E-state index contributed by atoms with van der Waals surface area (Å²) in [5, 5.41) is 0. The van der Waals surface area contributed by atoms with E-state index in [0.717, 1.165) is 11.3 Å². The topological polar surface area (TPSA) is 18.5 Å². The zero-order chi connectivity index (χ0) is 10.2. The highest BCUT2D eigenvalue weighted by Gasteiger charge is 1.93. The number of methoxy groups -OCH3 is 1. The maximum absolute atomic E-state index is 5.35. The first kappa shape index (κ1) is 10.7. The second-order valence-electron chi connectivity index (χ2n) is 2.55. The average Bonchev–Trinajstić information content (AvgIpc) is 2.25. The molecule has 0 aliphatic heterocycles. The van der Waals surface area contributed by atoms with Crippen molar-refractivity contribution < 1.29 is 9.47 Å². The Bertz CT molecular complexity index is 321. The van der Waals surface area contributed by atoms with Crippen LogP contribution in [0.1, 0.15) is 5.56 Å². The zero-order valence-corrected chi connectivity index (χ0v) is 8.67. The van der Waals surface area contributed by atoms with E-state index >= 15 is 0 Å². The first-order chi connectivity index (χ1) is 6.86. The molecule has 0 bridgehead atoms. The van der Waals surface area contributed by atoms with Crippen LogP contribution in [0.25, 0.3) is 0 Å². The smallest absolute Gasteiger partial charge is 0.125 e. The van der Waals surface area contributed by atoms with Crippen molar-refractivity contribution in [2.24, 2.45) is 0 Å². The standard InChI is InChI=1S/C11H11ClO2/c1-13-11-5-3-10(4-6-11)9-14-8-2-7-12/h3-6H,7,9H2,1H3. The molecule has 1 aromatic rings. The molecule has 1 aromatic carbocycles. The third-order valence-electron chi connectivity index (χ3n) is 1.61. The van der Waals surface area contributed by atoms with Crippen molar-refractivity contribution in [3.05, 3.63) is 29.8 Å². The van der Waals surface area contributed by atoms with Crippen LogP contribution < -0.4 is 4.74 Å². The Morgan fingerprint density at radius 3 is 2.57 bits per heavy atom. The lowest BCUT2D eigenvalue weighted by Gasteiger charge is -2.01. The van der Waals surface area contributed by atoms with Gasteiger partial charge in [0.1, 0.15) is 18.5 Å². The minimum absolute atomic E-state index is 0.294. The number of alkyl halides is 1. The van der Waals surface area contributed by atoms with E-state index in [1.54, 1.807) is 7.11 Å². The summed E-state index contributed by atoms with van der Waals surface area (Å²) in [6.07, 6.45) is 2.50. The Morgan fingerprint density at radius 2 is 2.00 bits per heavy atom. The molecule has 0 atom stereocenters. The Kier molecular flexibility index (Phi) is 4.74. The summed E-state index contributed by atoms with van der Waals surface area (Å²) in [6.45, 7) is 0.466. The van der Waals surface area contributed by atoms with Crippen molar-refractivity contribution in [1.29, 1.82) is 0 Å². The summed E-state index contributed by atoms with van der Waals surface area (Å²) < 4.78 is 10.1. The Labute approximate surface area is 88.8 Å². The third kappa shape index (κ3) is 3.59. The lowest BCUT2D eigenvalue weighted by molar-refractivity contribution is 0.264. The molecule has 74 valence electrons. The number of rotatable bonds is 3. The maximum Gasteiger partial charge on any atom is 0.125 e. The second-order valence-corrected chi connectivity index (χ2v) is 2.82. The van der Waals surface area contributed by atoms with E-state index in [1.807, 2.05) is 24.3 Å². The summed E-state index contributed by atoms with van der Waals surface area (Å²) in [5.74, 6) is 3.74. The quantitative estimate of drug-likeness (QED) is 0.564. The molecule has 1 rings (SSSR count). The first-order valence-electron chi connectivity index (χ1n) is 4.15. The van der Waals surface area contributed by atoms with Gasteiger partial charge in [-0.15, -0.1) is 11.6 Å². The van der Waals surface area contributed by atoms with Crippen LogP contribution in [0.15, 0.2) is 24.3 Å². The number of ether oxygens (including phenoxy) is 2. The normalized spacial score (nSPS) is 8.71. The van der Waals surface area contributed by atoms with Crippen LogP contribution in [0, 0.1) is 12.0 Å². The number of hydrogen-bond donors (Lipinski definition) is 0.